The van der Waals surface area contributed by atoms with E-state index in [1.807, 2.05) is 37.3 Å². The first-order valence-electron chi connectivity index (χ1n) is 5.89. The van der Waals surface area contributed by atoms with Gasteiger partial charge in [-0.15, -0.1) is 0 Å². The molecule has 1 atom stereocenters. The van der Waals surface area contributed by atoms with E-state index in [4.69, 9.17) is 0 Å². The molecule has 0 bridgehead atoms. The van der Waals surface area contributed by atoms with Crippen molar-refractivity contribution in [1.29, 1.82) is 0 Å². The van der Waals surface area contributed by atoms with Crippen LogP contribution in [0.2, 0.25) is 0 Å². The number of hydrogen-bond acceptors (Lipinski definition) is 2. The molecule has 0 aliphatic rings. The summed E-state index contributed by atoms with van der Waals surface area (Å²) in [5.74, 6) is -0.303. The van der Waals surface area contributed by atoms with Gasteiger partial charge in [-0.25, -0.2) is 4.39 Å². The molecule has 94 valence electrons. The molecule has 0 aliphatic carbocycles. The Bertz CT molecular complexity index is 513. The number of nitrogens with one attached hydrogen (secondary N) is 1. The molecule has 2 rings (SSSR count). The average Bonchev–Trinajstić information content (AvgIpc) is 2.40. The third-order valence-corrected chi connectivity index (χ3v) is 2.82. The summed E-state index contributed by atoms with van der Waals surface area (Å²) in [6, 6.07) is 13.9. The van der Waals surface area contributed by atoms with Gasteiger partial charge in [0.2, 0.25) is 0 Å². The highest BCUT2D eigenvalue weighted by molar-refractivity contribution is 5.45. The third kappa shape index (κ3) is 2.87. The number of benzene rings is 2. The van der Waals surface area contributed by atoms with Crippen LogP contribution in [0.15, 0.2) is 48.5 Å². The topological polar surface area (TPSA) is 32.3 Å². The van der Waals surface area contributed by atoms with Crippen molar-refractivity contribution in [3.8, 4) is 0 Å². The quantitative estimate of drug-likeness (QED) is 0.866. The van der Waals surface area contributed by atoms with Crippen LogP contribution in [0.25, 0.3) is 0 Å². The van der Waals surface area contributed by atoms with Gasteiger partial charge in [-0.3, -0.25) is 0 Å². The molecule has 2 N–H and O–H groups in total. The Hall–Kier alpha value is -1.87. The van der Waals surface area contributed by atoms with Gasteiger partial charge in [0, 0.05) is 11.3 Å². The molecule has 0 aliphatic heterocycles. The van der Waals surface area contributed by atoms with Gasteiger partial charge in [0.25, 0.3) is 0 Å². The largest absolute Gasteiger partial charge is 0.394 e. The van der Waals surface area contributed by atoms with Crippen molar-refractivity contribution in [2.75, 3.05) is 11.9 Å². The molecule has 0 spiro atoms. The third-order valence-electron chi connectivity index (χ3n) is 2.82. The second kappa shape index (κ2) is 5.65. The predicted molar refractivity (Wildman–Crippen MR) is 71.0 cm³/mol. The van der Waals surface area contributed by atoms with Crippen LogP contribution in [-0.4, -0.2) is 11.7 Å². The zero-order chi connectivity index (χ0) is 13.0. The lowest BCUT2D eigenvalue weighted by Gasteiger charge is -2.19. The highest BCUT2D eigenvalue weighted by atomic mass is 19.1. The van der Waals surface area contributed by atoms with Crippen molar-refractivity contribution in [1.82, 2.24) is 0 Å². The summed E-state index contributed by atoms with van der Waals surface area (Å²) in [6.45, 7) is 1.75. The number of anilines is 1. The zero-order valence-corrected chi connectivity index (χ0v) is 10.2. The van der Waals surface area contributed by atoms with E-state index in [9.17, 15) is 9.50 Å². The molecule has 0 saturated carbocycles. The second-order valence-electron chi connectivity index (χ2n) is 4.27. The second-order valence-corrected chi connectivity index (χ2v) is 4.27. The van der Waals surface area contributed by atoms with E-state index in [0.717, 1.165) is 11.3 Å². The molecule has 2 aromatic rings. The van der Waals surface area contributed by atoms with E-state index in [0.29, 0.717) is 5.56 Å². The van der Waals surface area contributed by atoms with Crippen molar-refractivity contribution < 1.29 is 9.50 Å². The summed E-state index contributed by atoms with van der Waals surface area (Å²) < 4.78 is 13.8. The van der Waals surface area contributed by atoms with Crippen LogP contribution in [-0.2, 0) is 0 Å². The summed E-state index contributed by atoms with van der Waals surface area (Å²) in [7, 11) is 0. The molecule has 0 amide bonds. The predicted octanol–water partition coefficient (Wildman–Crippen LogP) is 3.28. The number of halogens is 1. The van der Waals surface area contributed by atoms with Gasteiger partial charge in [0.1, 0.15) is 5.82 Å². The highest BCUT2D eigenvalue weighted by Crippen LogP contribution is 2.22. The average molecular weight is 245 g/mol. The molecule has 0 saturated heterocycles. The van der Waals surface area contributed by atoms with E-state index < -0.39 is 6.04 Å². The van der Waals surface area contributed by atoms with Crippen molar-refractivity contribution in [2.45, 2.75) is 13.0 Å². The van der Waals surface area contributed by atoms with E-state index in [1.54, 1.807) is 12.1 Å². The lowest BCUT2D eigenvalue weighted by Crippen LogP contribution is -2.16. The Balaban J connectivity index is 2.26. The number of hydrogen-bond donors (Lipinski definition) is 2. The van der Waals surface area contributed by atoms with Crippen LogP contribution in [0.1, 0.15) is 17.2 Å². The van der Waals surface area contributed by atoms with Crippen molar-refractivity contribution in [2.24, 2.45) is 0 Å². The molecule has 1 unspecified atom stereocenters. The summed E-state index contributed by atoms with van der Waals surface area (Å²) in [5.41, 5.74) is 2.32. The molecule has 0 heterocycles. The maximum absolute atomic E-state index is 13.8. The molecule has 2 nitrogen and oxygen atoms in total. The molecule has 0 radical (unpaired) electrons. The fourth-order valence-electron chi connectivity index (χ4n) is 1.89. The Kier molecular flexibility index (Phi) is 3.95. The lowest BCUT2D eigenvalue weighted by molar-refractivity contribution is 0.274. The van der Waals surface area contributed by atoms with Crippen molar-refractivity contribution in [3.05, 3.63) is 65.5 Å². The summed E-state index contributed by atoms with van der Waals surface area (Å²) in [6.07, 6.45) is 0. The first-order valence-corrected chi connectivity index (χ1v) is 5.89. The smallest absolute Gasteiger partial charge is 0.128 e. The zero-order valence-electron chi connectivity index (χ0n) is 10.2. The summed E-state index contributed by atoms with van der Waals surface area (Å²) in [4.78, 5) is 0. The normalized spacial score (nSPS) is 12.2. The van der Waals surface area contributed by atoms with Crippen LogP contribution in [0.3, 0.4) is 0 Å². The maximum Gasteiger partial charge on any atom is 0.128 e. The van der Waals surface area contributed by atoms with Crippen LogP contribution in [0, 0.1) is 12.7 Å². The summed E-state index contributed by atoms with van der Waals surface area (Å²) >= 11 is 0. The van der Waals surface area contributed by atoms with Gasteiger partial charge in [-0.05, 0) is 25.1 Å². The SMILES string of the molecule is Cc1ccc(F)c(C(CO)Nc2ccccc2)c1. The Labute approximate surface area is 106 Å². The number of aryl methyl sites for hydroxylation is 1. The minimum absolute atomic E-state index is 0.157. The first-order chi connectivity index (χ1) is 8.70. The van der Waals surface area contributed by atoms with Crippen LogP contribution >= 0.6 is 0 Å². The Morgan fingerprint density at radius 1 is 1.17 bits per heavy atom. The van der Waals surface area contributed by atoms with E-state index in [2.05, 4.69) is 5.32 Å². The lowest BCUT2D eigenvalue weighted by atomic mass is 10.0. The van der Waals surface area contributed by atoms with Crippen LogP contribution < -0.4 is 5.32 Å². The van der Waals surface area contributed by atoms with Crippen molar-refractivity contribution in [3.63, 3.8) is 0 Å². The van der Waals surface area contributed by atoms with E-state index in [1.165, 1.54) is 6.07 Å². The van der Waals surface area contributed by atoms with Gasteiger partial charge < -0.3 is 10.4 Å². The standard InChI is InChI=1S/C15H16FNO/c1-11-7-8-14(16)13(9-11)15(10-18)17-12-5-3-2-4-6-12/h2-9,15,17-18H,10H2,1H3. The van der Waals surface area contributed by atoms with Crippen LogP contribution in [0.5, 0.6) is 0 Å². The Morgan fingerprint density at radius 2 is 1.89 bits per heavy atom. The fourth-order valence-corrected chi connectivity index (χ4v) is 1.89. The molecule has 2 aromatic carbocycles. The molecule has 0 aromatic heterocycles. The number of para-hydroxylation sites is 1. The highest BCUT2D eigenvalue weighted by Gasteiger charge is 2.14. The molecular weight excluding hydrogens is 229 g/mol. The molecule has 3 heteroatoms. The number of aliphatic hydroxyl groups is 1. The maximum atomic E-state index is 13.8. The molecule has 18 heavy (non-hydrogen) atoms. The van der Waals surface area contributed by atoms with Crippen molar-refractivity contribution >= 4 is 5.69 Å². The monoisotopic (exact) mass is 245 g/mol. The molecular formula is C15H16FNO. The fraction of sp³-hybridized carbons (Fsp3) is 0.200. The number of rotatable bonds is 4. The minimum Gasteiger partial charge on any atom is -0.394 e. The minimum atomic E-state index is -0.438. The van der Waals surface area contributed by atoms with Gasteiger partial charge in [-0.2, -0.15) is 0 Å². The van der Waals surface area contributed by atoms with E-state index in [-0.39, 0.29) is 12.4 Å². The first kappa shape index (κ1) is 12.6. The van der Waals surface area contributed by atoms with Gasteiger partial charge >= 0.3 is 0 Å². The van der Waals surface area contributed by atoms with Crippen LogP contribution in [0.4, 0.5) is 10.1 Å². The number of aliphatic hydroxyl groups excluding tert-OH is 1. The molecule has 0 fully saturated rings. The summed E-state index contributed by atoms with van der Waals surface area (Å²) in [5, 5.41) is 12.5. The van der Waals surface area contributed by atoms with Gasteiger partial charge in [0.05, 0.1) is 12.6 Å². The van der Waals surface area contributed by atoms with Gasteiger partial charge in [-0.1, -0.05) is 35.9 Å². The van der Waals surface area contributed by atoms with Gasteiger partial charge in [0.15, 0.2) is 0 Å². The van der Waals surface area contributed by atoms with E-state index >= 15 is 0 Å². The Morgan fingerprint density at radius 3 is 2.56 bits per heavy atom.